The quantitative estimate of drug-likeness (QED) is 0.820. The van der Waals surface area contributed by atoms with Crippen LogP contribution in [0.4, 0.5) is 0 Å². The van der Waals surface area contributed by atoms with E-state index in [9.17, 15) is 4.79 Å². The Morgan fingerprint density at radius 3 is 2.76 bits per heavy atom. The van der Waals surface area contributed by atoms with Crippen LogP contribution < -0.4 is 10.1 Å². The summed E-state index contributed by atoms with van der Waals surface area (Å²) in [5, 5.41) is 2.88. The number of benzene rings is 1. The summed E-state index contributed by atoms with van der Waals surface area (Å²) in [5.74, 6) is 0.544. The van der Waals surface area contributed by atoms with E-state index in [0.29, 0.717) is 29.3 Å². The molecule has 0 spiro atoms. The largest absolute Gasteiger partial charge is 0.493 e. The number of alkyl halides is 1. The number of halogens is 1. The van der Waals surface area contributed by atoms with E-state index in [1.54, 1.807) is 6.07 Å². The van der Waals surface area contributed by atoms with Crippen molar-refractivity contribution in [2.75, 3.05) is 13.2 Å². The molecule has 0 aliphatic carbocycles. The van der Waals surface area contributed by atoms with Gasteiger partial charge in [-0.1, -0.05) is 35.0 Å². The number of amides is 1. The minimum atomic E-state index is -0.0908. The Morgan fingerprint density at radius 1 is 1.41 bits per heavy atom. The number of ether oxygens (including phenoxy) is 1. The Morgan fingerprint density at radius 2 is 2.12 bits per heavy atom. The van der Waals surface area contributed by atoms with Crippen LogP contribution in [-0.4, -0.2) is 23.9 Å². The van der Waals surface area contributed by atoms with Crippen molar-refractivity contribution < 1.29 is 9.53 Å². The molecular formula is C13H18BrNO2. The van der Waals surface area contributed by atoms with Crippen LogP contribution in [0, 0.1) is 0 Å². The number of carbonyl (C=O) groups is 1. The van der Waals surface area contributed by atoms with E-state index in [1.807, 2.05) is 25.1 Å². The molecular weight excluding hydrogens is 282 g/mol. The average Bonchev–Trinajstić information content (AvgIpc) is 2.36. The first-order chi connectivity index (χ1) is 8.19. The van der Waals surface area contributed by atoms with E-state index in [1.165, 1.54) is 0 Å². The number of hydrogen-bond donors (Lipinski definition) is 1. The van der Waals surface area contributed by atoms with Crippen LogP contribution in [0.3, 0.4) is 0 Å². The molecule has 0 fully saturated rings. The fourth-order valence-corrected chi connectivity index (χ4v) is 1.54. The van der Waals surface area contributed by atoms with Crippen LogP contribution in [0.2, 0.25) is 0 Å². The van der Waals surface area contributed by atoms with Crippen molar-refractivity contribution in [3.63, 3.8) is 0 Å². The van der Waals surface area contributed by atoms with Crippen LogP contribution in [0.1, 0.15) is 30.6 Å². The Kier molecular flexibility index (Phi) is 6.05. The summed E-state index contributed by atoms with van der Waals surface area (Å²) < 4.78 is 5.42. The molecule has 0 saturated carbocycles. The van der Waals surface area contributed by atoms with E-state index in [0.717, 1.165) is 6.42 Å². The minimum Gasteiger partial charge on any atom is -0.493 e. The normalized spacial score (nSPS) is 11.9. The van der Waals surface area contributed by atoms with E-state index in [-0.39, 0.29) is 5.91 Å². The monoisotopic (exact) mass is 299 g/mol. The maximum absolute atomic E-state index is 11.9. The third-order valence-electron chi connectivity index (χ3n) is 2.36. The first-order valence-electron chi connectivity index (χ1n) is 5.83. The predicted octanol–water partition coefficient (Wildman–Crippen LogP) is 2.99. The van der Waals surface area contributed by atoms with Gasteiger partial charge in [-0.3, -0.25) is 4.79 Å². The molecule has 0 bridgehead atoms. The summed E-state index contributed by atoms with van der Waals surface area (Å²) >= 11 is 3.48. The van der Waals surface area contributed by atoms with E-state index in [4.69, 9.17) is 4.74 Å². The standard InChI is InChI=1S/C13H18BrNO2/c1-3-10(14)9-15-13(16)11-7-5-6-8-12(11)17-4-2/h5-8,10H,3-4,9H2,1-2H3,(H,15,16). The van der Waals surface area contributed by atoms with Crippen LogP contribution >= 0.6 is 15.9 Å². The number of hydrogen-bond acceptors (Lipinski definition) is 2. The lowest BCUT2D eigenvalue weighted by atomic mass is 10.2. The first kappa shape index (κ1) is 14.0. The van der Waals surface area contributed by atoms with Gasteiger partial charge >= 0.3 is 0 Å². The molecule has 1 N–H and O–H groups in total. The van der Waals surface area contributed by atoms with Gasteiger partial charge in [0.2, 0.25) is 0 Å². The molecule has 0 aliphatic heterocycles. The number of carbonyl (C=O) groups excluding carboxylic acids is 1. The average molecular weight is 300 g/mol. The highest BCUT2D eigenvalue weighted by Crippen LogP contribution is 2.17. The first-order valence-corrected chi connectivity index (χ1v) is 6.74. The summed E-state index contributed by atoms with van der Waals surface area (Å²) in [7, 11) is 0. The van der Waals surface area contributed by atoms with E-state index >= 15 is 0 Å². The molecule has 3 nitrogen and oxygen atoms in total. The third-order valence-corrected chi connectivity index (χ3v) is 3.33. The second kappa shape index (κ2) is 7.33. The summed E-state index contributed by atoms with van der Waals surface area (Å²) in [5.41, 5.74) is 0.588. The van der Waals surface area contributed by atoms with Gasteiger partial charge in [-0.25, -0.2) is 0 Å². The smallest absolute Gasteiger partial charge is 0.255 e. The topological polar surface area (TPSA) is 38.3 Å². The van der Waals surface area contributed by atoms with E-state index < -0.39 is 0 Å². The molecule has 0 aliphatic rings. The molecule has 17 heavy (non-hydrogen) atoms. The zero-order valence-corrected chi connectivity index (χ0v) is 11.8. The molecule has 1 aromatic carbocycles. The van der Waals surface area contributed by atoms with Gasteiger partial charge in [0, 0.05) is 11.4 Å². The SMILES string of the molecule is CCOc1ccccc1C(=O)NCC(Br)CC. The molecule has 0 saturated heterocycles. The Balaban J connectivity index is 2.67. The molecule has 1 amide bonds. The Hall–Kier alpha value is -1.03. The van der Waals surface area contributed by atoms with Gasteiger partial charge in [-0.15, -0.1) is 0 Å². The Labute approximate surface area is 111 Å². The van der Waals surface area contributed by atoms with Gasteiger partial charge in [0.05, 0.1) is 12.2 Å². The predicted molar refractivity (Wildman–Crippen MR) is 73.0 cm³/mol. The van der Waals surface area contributed by atoms with Gasteiger partial charge in [0.15, 0.2) is 0 Å². The van der Waals surface area contributed by atoms with Gasteiger partial charge in [0.25, 0.3) is 5.91 Å². The molecule has 1 atom stereocenters. The lowest BCUT2D eigenvalue weighted by Crippen LogP contribution is -2.29. The zero-order valence-electron chi connectivity index (χ0n) is 10.2. The van der Waals surface area contributed by atoms with Crippen molar-refractivity contribution in [3.8, 4) is 5.75 Å². The second-order valence-electron chi connectivity index (χ2n) is 3.64. The molecule has 1 unspecified atom stereocenters. The lowest BCUT2D eigenvalue weighted by molar-refractivity contribution is 0.0950. The van der Waals surface area contributed by atoms with Crippen molar-refractivity contribution in [2.45, 2.75) is 25.1 Å². The minimum absolute atomic E-state index is 0.0908. The molecule has 94 valence electrons. The molecule has 0 aromatic heterocycles. The zero-order chi connectivity index (χ0) is 12.7. The maximum Gasteiger partial charge on any atom is 0.255 e. The highest BCUT2D eigenvalue weighted by Gasteiger charge is 2.12. The van der Waals surface area contributed by atoms with Crippen molar-refractivity contribution in [3.05, 3.63) is 29.8 Å². The van der Waals surface area contributed by atoms with Gasteiger partial charge in [-0.05, 0) is 25.5 Å². The highest BCUT2D eigenvalue weighted by molar-refractivity contribution is 9.09. The van der Waals surface area contributed by atoms with Crippen LogP contribution in [0.15, 0.2) is 24.3 Å². The highest BCUT2D eigenvalue weighted by atomic mass is 79.9. The summed E-state index contributed by atoms with van der Waals surface area (Å²) in [4.78, 5) is 12.3. The van der Waals surface area contributed by atoms with Crippen LogP contribution in [0.25, 0.3) is 0 Å². The summed E-state index contributed by atoms with van der Waals surface area (Å²) in [6.45, 7) is 5.15. The molecule has 0 heterocycles. The van der Waals surface area contributed by atoms with Gasteiger partial charge in [0.1, 0.15) is 5.75 Å². The van der Waals surface area contributed by atoms with Gasteiger partial charge in [-0.2, -0.15) is 0 Å². The number of para-hydroxylation sites is 1. The van der Waals surface area contributed by atoms with Crippen molar-refractivity contribution >= 4 is 21.8 Å². The Bertz CT molecular complexity index is 368. The molecule has 4 heteroatoms. The number of nitrogens with one attached hydrogen (secondary N) is 1. The molecule has 1 aromatic rings. The van der Waals surface area contributed by atoms with Crippen molar-refractivity contribution in [2.24, 2.45) is 0 Å². The van der Waals surface area contributed by atoms with E-state index in [2.05, 4.69) is 28.2 Å². The fourth-order valence-electron chi connectivity index (χ4n) is 1.38. The summed E-state index contributed by atoms with van der Waals surface area (Å²) in [6, 6.07) is 7.28. The second-order valence-corrected chi connectivity index (χ2v) is 4.94. The van der Waals surface area contributed by atoms with Crippen molar-refractivity contribution in [1.29, 1.82) is 0 Å². The third kappa shape index (κ3) is 4.38. The van der Waals surface area contributed by atoms with Crippen LogP contribution in [-0.2, 0) is 0 Å². The maximum atomic E-state index is 11.9. The summed E-state index contributed by atoms with van der Waals surface area (Å²) in [6.07, 6.45) is 0.980. The fraction of sp³-hybridized carbons (Fsp3) is 0.462. The molecule has 0 radical (unpaired) electrons. The lowest BCUT2D eigenvalue weighted by Gasteiger charge is -2.12. The van der Waals surface area contributed by atoms with Gasteiger partial charge < -0.3 is 10.1 Å². The number of rotatable bonds is 6. The van der Waals surface area contributed by atoms with Crippen LogP contribution in [0.5, 0.6) is 5.75 Å². The molecule has 1 rings (SSSR count). The van der Waals surface area contributed by atoms with Crippen molar-refractivity contribution in [1.82, 2.24) is 5.32 Å².